The molecule has 0 unspecified atom stereocenters. The van der Waals surface area contributed by atoms with Crippen LogP contribution >= 0.6 is 22.0 Å². The van der Waals surface area contributed by atoms with Crippen molar-refractivity contribution in [3.63, 3.8) is 0 Å². The summed E-state index contributed by atoms with van der Waals surface area (Å²) >= 11 is 1.06. The molecule has 0 aliphatic rings. The quantitative estimate of drug-likeness (QED) is 0.576. The van der Waals surface area contributed by atoms with Gasteiger partial charge >= 0.3 is 0 Å². The van der Waals surface area contributed by atoms with E-state index in [1.807, 2.05) is 49.4 Å². The molecule has 4 nitrogen and oxygen atoms in total. The Labute approximate surface area is 155 Å². The molecular formula is C18H16ClNO3S2. The molecule has 0 saturated carbocycles. The second-order valence-electron chi connectivity index (χ2n) is 5.64. The van der Waals surface area contributed by atoms with Crippen LogP contribution in [0.3, 0.4) is 0 Å². The Hall–Kier alpha value is -1.89. The van der Waals surface area contributed by atoms with Gasteiger partial charge in [-0.25, -0.2) is 13.4 Å². The largest absolute Gasteiger partial charge is 0.489 e. The van der Waals surface area contributed by atoms with Crippen LogP contribution in [0.2, 0.25) is 0 Å². The van der Waals surface area contributed by atoms with E-state index in [2.05, 4.69) is 11.1 Å². The fourth-order valence-corrected chi connectivity index (χ4v) is 4.87. The van der Waals surface area contributed by atoms with Crippen molar-refractivity contribution in [1.29, 1.82) is 0 Å². The average Bonchev–Trinajstić information content (AvgIpc) is 2.96. The summed E-state index contributed by atoms with van der Waals surface area (Å²) in [5.41, 5.74) is 3.47. The molecule has 0 radical (unpaired) electrons. The van der Waals surface area contributed by atoms with E-state index in [-0.39, 0.29) is 4.21 Å². The zero-order chi connectivity index (χ0) is 18.0. The molecule has 0 atom stereocenters. The van der Waals surface area contributed by atoms with Gasteiger partial charge in [0.25, 0.3) is 9.05 Å². The first kappa shape index (κ1) is 17.9. The molecule has 0 spiro atoms. The third-order valence-corrected chi connectivity index (χ3v) is 6.93. The minimum Gasteiger partial charge on any atom is -0.489 e. The van der Waals surface area contributed by atoms with Gasteiger partial charge in [0.1, 0.15) is 17.4 Å². The highest BCUT2D eigenvalue weighted by Gasteiger charge is 2.20. The lowest BCUT2D eigenvalue weighted by molar-refractivity contribution is 0.306. The SMILES string of the molecule is Cc1cccc(COc2cccc(-c3nc(C)c(S(=O)(=O)Cl)s3)c2)c1. The van der Waals surface area contributed by atoms with Gasteiger partial charge in [0.05, 0.1) is 5.69 Å². The molecule has 0 fully saturated rings. The average molecular weight is 394 g/mol. The Kier molecular flexibility index (Phi) is 5.13. The van der Waals surface area contributed by atoms with Gasteiger partial charge in [-0.2, -0.15) is 0 Å². The number of halogens is 1. The lowest BCUT2D eigenvalue weighted by Gasteiger charge is -2.08. The Morgan fingerprint density at radius 3 is 2.56 bits per heavy atom. The van der Waals surface area contributed by atoms with Crippen LogP contribution in [-0.2, 0) is 15.7 Å². The molecule has 0 N–H and O–H groups in total. The number of hydrogen-bond donors (Lipinski definition) is 0. The summed E-state index contributed by atoms with van der Waals surface area (Å²) in [5, 5.41) is 0.595. The lowest BCUT2D eigenvalue weighted by atomic mass is 10.1. The number of hydrogen-bond acceptors (Lipinski definition) is 5. The fraction of sp³-hybridized carbons (Fsp3) is 0.167. The van der Waals surface area contributed by atoms with E-state index in [9.17, 15) is 8.42 Å². The van der Waals surface area contributed by atoms with Crippen molar-refractivity contribution in [3.05, 3.63) is 65.4 Å². The van der Waals surface area contributed by atoms with Crippen molar-refractivity contribution >= 4 is 31.1 Å². The molecule has 25 heavy (non-hydrogen) atoms. The van der Waals surface area contributed by atoms with Gasteiger partial charge in [-0.3, -0.25) is 0 Å². The minimum atomic E-state index is -3.78. The van der Waals surface area contributed by atoms with Crippen LogP contribution in [0, 0.1) is 13.8 Å². The maximum atomic E-state index is 11.6. The molecule has 3 rings (SSSR count). The van der Waals surface area contributed by atoms with Crippen molar-refractivity contribution in [2.24, 2.45) is 0 Å². The lowest BCUT2D eigenvalue weighted by Crippen LogP contribution is -1.95. The number of aryl methyl sites for hydroxylation is 2. The third-order valence-electron chi connectivity index (χ3n) is 3.54. The molecule has 2 aromatic carbocycles. The van der Waals surface area contributed by atoms with Gasteiger partial charge in [0.15, 0.2) is 4.21 Å². The van der Waals surface area contributed by atoms with Crippen molar-refractivity contribution in [3.8, 4) is 16.3 Å². The molecule has 0 saturated heterocycles. The maximum absolute atomic E-state index is 11.6. The van der Waals surface area contributed by atoms with Gasteiger partial charge in [-0.05, 0) is 31.5 Å². The summed E-state index contributed by atoms with van der Waals surface area (Å²) in [5.74, 6) is 0.696. The Bertz CT molecular complexity index is 1010. The maximum Gasteiger partial charge on any atom is 0.272 e. The monoisotopic (exact) mass is 393 g/mol. The standard InChI is InChI=1S/C18H16ClNO3S2/c1-12-5-3-6-14(9-12)11-23-16-8-4-7-15(10-16)17-20-13(2)18(24-17)25(19,21)22/h3-10H,11H2,1-2H3. The zero-order valence-electron chi connectivity index (χ0n) is 13.7. The van der Waals surface area contributed by atoms with Gasteiger partial charge < -0.3 is 4.74 Å². The van der Waals surface area contributed by atoms with Gasteiger partial charge in [-0.1, -0.05) is 42.0 Å². The Morgan fingerprint density at radius 1 is 1.12 bits per heavy atom. The number of benzene rings is 2. The van der Waals surface area contributed by atoms with Crippen LogP contribution in [0.1, 0.15) is 16.8 Å². The first-order chi connectivity index (χ1) is 11.8. The van der Waals surface area contributed by atoms with E-state index < -0.39 is 9.05 Å². The number of aromatic nitrogens is 1. The van der Waals surface area contributed by atoms with Crippen LogP contribution in [0.25, 0.3) is 10.6 Å². The summed E-state index contributed by atoms with van der Waals surface area (Å²) in [6.07, 6.45) is 0. The van der Waals surface area contributed by atoms with Crippen molar-refractivity contribution < 1.29 is 13.2 Å². The van der Waals surface area contributed by atoms with Crippen molar-refractivity contribution in [2.45, 2.75) is 24.7 Å². The molecule has 0 bridgehead atoms. The van der Waals surface area contributed by atoms with Crippen molar-refractivity contribution in [2.75, 3.05) is 0 Å². The highest BCUT2D eigenvalue weighted by atomic mass is 35.7. The van der Waals surface area contributed by atoms with Gasteiger partial charge in [-0.15, -0.1) is 11.3 Å². The fourth-order valence-electron chi connectivity index (χ4n) is 2.42. The Balaban J connectivity index is 1.82. The highest BCUT2D eigenvalue weighted by Crippen LogP contribution is 2.34. The highest BCUT2D eigenvalue weighted by molar-refractivity contribution is 8.15. The summed E-state index contributed by atoms with van der Waals surface area (Å²) in [7, 11) is 1.66. The second kappa shape index (κ2) is 7.15. The van der Waals surface area contributed by atoms with Crippen LogP contribution in [0.5, 0.6) is 5.75 Å². The number of rotatable bonds is 5. The first-order valence-electron chi connectivity index (χ1n) is 7.54. The number of thiazole rings is 1. The van der Waals surface area contributed by atoms with E-state index >= 15 is 0 Å². The minimum absolute atomic E-state index is 0.0789. The summed E-state index contributed by atoms with van der Waals surface area (Å²) < 4.78 is 29.1. The molecule has 1 heterocycles. The second-order valence-corrected chi connectivity index (χ2v) is 9.40. The molecule has 1 aromatic heterocycles. The zero-order valence-corrected chi connectivity index (χ0v) is 16.1. The molecule has 130 valence electrons. The van der Waals surface area contributed by atoms with Crippen LogP contribution < -0.4 is 4.74 Å². The van der Waals surface area contributed by atoms with E-state index in [4.69, 9.17) is 15.4 Å². The van der Waals surface area contributed by atoms with E-state index in [0.717, 1.165) is 22.5 Å². The van der Waals surface area contributed by atoms with E-state index in [1.165, 1.54) is 5.56 Å². The molecule has 0 aliphatic heterocycles. The van der Waals surface area contributed by atoms with E-state index in [1.54, 1.807) is 6.92 Å². The molecule has 0 aliphatic carbocycles. The number of ether oxygens (including phenoxy) is 1. The van der Waals surface area contributed by atoms with E-state index in [0.29, 0.717) is 23.1 Å². The van der Waals surface area contributed by atoms with Crippen LogP contribution in [0.4, 0.5) is 0 Å². The van der Waals surface area contributed by atoms with Gasteiger partial charge in [0, 0.05) is 16.2 Å². The first-order valence-corrected chi connectivity index (χ1v) is 10.7. The summed E-state index contributed by atoms with van der Waals surface area (Å²) in [4.78, 5) is 4.32. The molecule has 3 aromatic rings. The predicted octanol–water partition coefficient (Wildman–Crippen LogP) is 4.93. The summed E-state index contributed by atoms with van der Waals surface area (Å²) in [6, 6.07) is 15.5. The molecule has 0 amide bonds. The molecule has 7 heteroatoms. The topological polar surface area (TPSA) is 56.3 Å². The summed E-state index contributed by atoms with van der Waals surface area (Å²) in [6.45, 7) is 4.13. The smallest absolute Gasteiger partial charge is 0.272 e. The normalized spacial score (nSPS) is 11.5. The third kappa shape index (κ3) is 4.39. The molecular weight excluding hydrogens is 378 g/mol. The predicted molar refractivity (Wildman–Crippen MR) is 101 cm³/mol. The van der Waals surface area contributed by atoms with Gasteiger partial charge in [0.2, 0.25) is 0 Å². The van der Waals surface area contributed by atoms with Crippen molar-refractivity contribution in [1.82, 2.24) is 4.98 Å². The number of nitrogens with zero attached hydrogens (tertiary/aromatic N) is 1. The van der Waals surface area contributed by atoms with Crippen LogP contribution in [0.15, 0.2) is 52.7 Å². The van der Waals surface area contributed by atoms with Crippen LogP contribution in [-0.4, -0.2) is 13.4 Å². The Morgan fingerprint density at radius 2 is 1.88 bits per heavy atom.